The normalized spacial score (nSPS) is 17.5. The number of ether oxygens (including phenoxy) is 2. The van der Waals surface area contributed by atoms with Crippen LogP contribution in [0, 0.1) is 0 Å². The molecule has 1 aliphatic carbocycles. The zero-order valence-corrected chi connectivity index (χ0v) is 10.9. The molecule has 92 valence electrons. The molecule has 0 aromatic heterocycles. The number of allylic oxidation sites excluding steroid dienone is 2. The Morgan fingerprint density at radius 2 is 1.67 bits per heavy atom. The Morgan fingerprint density at radius 1 is 1.00 bits per heavy atom. The molecule has 3 rings (SSSR count). The van der Waals surface area contributed by atoms with Gasteiger partial charge in [0.05, 0.1) is 14.2 Å². The molecule has 0 aliphatic heterocycles. The van der Waals surface area contributed by atoms with Crippen molar-refractivity contribution in [2.45, 2.75) is 12.8 Å². The Balaban J connectivity index is 2.29. The maximum Gasteiger partial charge on any atom is 0.131 e. The van der Waals surface area contributed by atoms with Crippen LogP contribution in [0.25, 0.3) is 10.8 Å². The average Bonchev–Trinajstić information content (AvgIpc) is 3.13. The van der Waals surface area contributed by atoms with Crippen molar-refractivity contribution in [3.05, 3.63) is 47.5 Å². The minimum Gasteiger partial charge on any atom is -0.496 e. The molecule has 0 bridgehead atoms. The first-order chi connectivity index (χ1) is 8.76. The van der Waals surface area contributed by atoms with Crippen molar-refractivity contribution < 1.29 is 9.47 Å². The highest BCUT2D eigenvalue weighted by Gasteiger charge is 2.27. The number of benzene rings is 2. The van der Waals surface area contributed by atoms with E-state index >= 15 is 0 Å². The molecule has 1 unspecified atom stereocenters. The van der Waals surface area contributed by atoms with Crippen LogP contribution in [0.2, 0.25) is 0 Å². The number of rotatable bonds is 3. The maximum atomic E-state index is 5.62. The summed E-state index contributed by atoms with van der Waals surface area (Å²) in [6, 6.07) is 10.3. The monoisotopic (exact) mass is 240 g/mol. The zero-order valence-electron chi connectivity index (χ0n) is 10.9. The fourth-order valence-corrected chi connectivity index (χ4v) is 2.51. The molecule has 1 atom stereocenters. The van der Waals surface area contributed by atoms with Gasteiger partial charge in [0.15, 0.2) is 0 Å². The molecule has 0 N–H and O–H groups in total. The van der Waals surface area contributed by atoms with E-state index in [2.05, 4.69) is 31.2 Å². The second-order valence-electron chi connectivity index (χ2n) is 4.64. The van der Waals surface area contributed by atoms with Crippen LogP contribution in [0.4, 0.5) is 0 Å². The minimum absolute atomic E-state index is 0.415. The maximum absolute atomic E-state index is 5.62. The third-order valence-corrected chi connectivity index (χ3v) is 3.56. The molecule has 2 nitrogen and oxygen atoms in total. The molecule has 0 heterocycles. The molecule has 0 saturated heterocycles. The van der Waals surface area contributed by atoms with Gasteiger partial charge in [-0.1, -0.05) is 35.9 Å². The van der Waals surface area contributed by atoms with E-state index in [-0.39, 0.29) is 0 Å². The molecule has 0 spiro atoms. The molecular formula is C16H16O2. The predicted molar refractivity (Wildman–Crippen MR) is 73.6 cm³/mol. The highest BCUT2D eigenvalue weighted by molar-refractivity contribution is 5.95. The van der Waals surface area contributed by atoms with Crippen molar-refractivity contribution in [3.8, 4) is 11.5 Å². The zero-order chi connectivity index (χ0) is 12.7. The van der Waals surface area contributed by atoms with Crippen LogP contribution in [-0.4, -0.2) is 14.2 Å². The first kappa shape index (κ1) is 11.1. The Bertz CT molecular complexity index is 641. The minimum atomic E-state index is 0.415. The predicted octanol–water partition coefficient (Wildman–Crippen LogP) is 3.90. The first-order valence-corrected chi connectivity index (χ1v) is 6.08. The highest BCUT2D eigenvalue weighted by Crippen LogP contribution is 2.47. The smallest absolute Gasteiger partial charge is 0.131 e. The summed E-state index contributed by atoms with van der Waals surface area (Å²) in [6.07, 6.45) is 2.24. The van der Waals surface area contributed by atoms with Gasteiger partial charge < -0.3 is 9.47 Å². The number of hydrogen-bond donors (Lipinski definition) is 0. The van der Waals surface area contributed by atoms with Crippen molar-refractivity contribution in [2.75, 3.05) is 14.2 Å². The molecule has 0 radical (unpaired) electrons. The lowest BCUT2D eigenvalue weighted by molar-refractivity contribution is 0.406. The second-order valence-corrected chi connectivity index (χ2v) is 4.64. The van der Waals surface area contributed by atoms with Gasteiger partial charge in [0, 0.05) is 22.3 Å². The molecule has 0 saturated carbocycles. The van der Waals surface area contributed by atoms with E-state index < -0.39 is 0 Å². The summed E-state index contributed by atoms with van der Waals surface area (Å²) in [5.74, 6) is 2.29. The molecule has 18 heavy (non-hydrogen) atoms. The van der Waals surface area contributed by atoms with Gasteiger partial charge in [0.1, 0.15) is 11.5 Å². The SMILES string of the molecule is COc1cc(C2C=C2C)c(OC)c2ccccc12. The average molecular weight is 240 g/mol. The Morgan fingerprint density at radius 3 is 2.22 bits per heavy atom. The molecule has 1 aliphatic rings. The summed E-state index contributed by atoms with van der Waals surface area (Å²) in [5, 5.41) is 2.21. The Hall–Kier alpha value is -1.96. The summed E-state index contributed by atoms with van der Waals surface area (Å²) in [4.78, 5) is 0. The van der Waals surface area contributed by atoms with E-state index in [9.17, 15) is 0 Å². The van der Waals surface area contributed by atoms with Crippen molar-refractivity contribution in [1.29, 1.82) is 0 Å². The standard InChI is InChI=1S/C16H16O2/c1-10-8-13(10)14-9-15(17-2)11-6-4-5-7-12(11)16(14)18-3/h4-9,13H,1-3H3. The highest BCUT2D eigenvalue weighted by atomic mass is 16.5. The van der Waals surface area contributed by atoms with Crippen LogP contribution in [-0.2, 0) is 0 Å². The summed E-state index contributed by atoms with van der Waals surface area (Å²) < 4.78 is 11.1. The number of hydrogen-bond acceptors (Lipinski definition) is 2. The lowest BCUT2D eigenvalue weighted by Crippen LogP contribution is -1.96. The Labute approximate surface area is 107 Å². The first-order valence-electron chi connectivity index (χ1n) is 6.08. The molecule has 0 amide bonds. The van der Waals surface area contributed by atoms with E-state index in [1.165, 1.54) is 11.1 Å². The third kappa shape index (κ3) is 1.57. The van der Waals surface area contributed by atoms with Gasteiger partial charge in [0.2, 0.25) is 0 Å². The molecular weight excluding hydrogens is 224 g/mol. The molecule has 2 aromatic rings. The van der Waals surface area contributed by atoms with E-state index in [1.807, 2.05) is 12.1 Å². The van der Waals surface area contributed by atoms with Gasteiger partial charge >= 0.3 is 0 Å². The van der Waals surface area contributed by atoms with Crippen LogP contribution in [0.1, 0.15) is 18.4 Å². The van der Waals surface area contributed by atoms with Crippen LogP contribution >= 0.6 is 0 Å². The van der Waals surface area contributed by atoms with E-state index in [0.717, 1.165) is 22.3 Å². The number of fused-ring (bicyclic) bond motifs is 1. The van der Waals surface area contributed by atoms with Crippen molar-refractivity contribution in [1.82, 2.24) is 0 Å². The fourth-order valence-electron chi connectivity index (χ4n) is 2.51. The van der Waals surface area contributed by atoms with E-state index in [1.54, 1.807) is 14.2 Å². The van der Waals surface area contributed by atoms with Crippen LogP contribution < -0.4 is 9.47 Å². The quantitative estimate of drug-likeness (QED) is 0.757. The molecule has 2 aromatic carbocycles. The van der Waals surface area contributed by atoms with Gasteiger partial charge in [-0.15, -0.1) is 0 Å². The van der Waals surface area contributed by atoms with Crippen LogP contribution in [0.5, 0.6) is 11.5 Å². The van der Waals surface area contributed by atoms with Gasteiger partial charge in [-0.25, -0.2) is 0 Å². The molecule has 0 fully saturated rings. The summed E-state index contributed by atoms with van der Waals surface area (Å²) in [7, 11) is 3.45. The third-order valence-electron chi connectivity index (χ3n) is 3.56. The van der Waals surface area contributed by atoms with Gasteiger partial charge in [-0.3, -0.25) is 0 Å². The number of methoxy groups -OCH3 is 2. The van der Waals surface area contributed by atoms with Crippen LogP contribution in [0.3, 0.4) is 0 Å². The summed E-state index contributed by atoms with van der Waals surface area (Å²) in [5.41, 5.74) is 2.59. The van der Waals surface area contributed by atoms with Gasteiger partial charge in [-0.2, -0.15) is 0 Å². The Kier molecular flexibility index (Phi) is 2.51. The topological polar surface area (TPSA) is 18.5 Å². The second kappa shape index (κ2) is 4.05. The van der Waals surface area contributed by atoms with E-state index in [0.29, 0.717) is 5.92 Å². The van der Waals surface area contributed by atoms with Gasteiger partial charge in [-0.05, 0) is 13.0 Å². The van der Waals surface area contributed by atoms with Crippen molar-refractivity contribution in [3.63, 3.8) is 0 Å². The fraction of sp³-hybridized carbons (Fsp3) is 0.250. The lowest BCUT2D eigenvalue weighted by Gasteiger charge is -2.15. The summed E-state index contributed by atoms with van der Waals surface area (Å²) in [6.45, 7) is 2.14. The van der Waals surface area contributed by atoms with Crippen molar-refractivity contribution in [2.24, 2.45) is 0 Å². The largest absolute Gasteiger partial charge is 0.496 e. The van der Waals surface area contributed by atoms with Crippen molar-refractivity contribution >= 4 is 10.8 Å². The van der Waals surface area contributed by atoms with E-state index in [4.69, 9.17) is 9.47 Å². The van der Waals surface area contributed by atoms with Crippen LogP contribution in [0.15, 0.2) is 42.0 Å². The van der Waals surface area contributed by atoms with Gasteiger partial charge in [0.25, 0.3) is 0 Å². The summed E-state index contributed by atoms with van der Waals surface area (Å²) >= 11 is 0. The molecule has 2 heteroatoms. The lowest BCUT2D eigenvalue weighted by atomic mass is 9.99.